The number of hydrazine groups is 1. The molecule has 0 amide bonds. The van der Waals surface area contributed by atoms with Crippen LogP contribution in [0.15, 0.2) is 0 Å². The first-order chi connectivity index (χ1) is 4.95. The van der Waals surface area contributed by atoms with Crippen LogP contribution in [0.3, 0.4) is 0 Å². The second kappa shape index (κ2) is 3.88. The Bertz CT molecular complexity index is 64.7. The van der Waals surface area contributed by atoms with E-state index in [2.05, 4.69) is 21.5 Å². The fraction of sp³-hybridized carbons (Fsp3) is 1.00. The monoisotopic (exact) mass is 144 g/mol. The van der Waals surface area contributed by atoms with Gasteiger partial charge in [-0.2, -0.15) is 0 Å². The molecule has 0 unspecified atom stereocenters. The maximum Gasteiger partial charge on any atom is 0.0110 e. The summed E-state index contributed by atoms with van der Waals surface area (Å²) in [4.78, 5) is 5.08. The summed E-state index contributed by atoms with van der Waals surface area (Å²) in [6.45, 7) is 7.92. The first-order valence-electron chi connectivity index (χ1n) is 3.73. The molecule has 0 spiro atoms. The van der Waals surface area contributed by atoms with Crippen molar-refractivity contribution >= 4 is 0 Å². The highest BCUT2D eigenvalue weighted by molar-refractivity contribution is 4.78. The smallest absolute Gasteiger partial charge is 0.0110 e. The molecule has 3 saturated heterocycles. The third-order valence-corrected chi connectivity index (χ3v) is 2.20. The predicted molar refractivity (Wildman–Crippen MR) is 41.3 cm³/mol. The van der Waals surface area contributed by atoms with E-state index in [1.807, 2.05) is 0 Å². The third kappa shape index (κ3) is 1.67. The van der Waals surface area contributed by atoms with E-state index in [0.717, 1.165) is 0 Å². The third-order valence-electron chi connectivity index (χ3n) is 2.20. The molecule has 3 aliphatic rings. The van der Waals surface area contributed by atoms with Gasteiger partial charge in [0.25, 0.3) is 0 Å². The van der Waals surface area contributed by atoms with Gasteiger partial charge in [0.1, 0.15) is 0 Å². The van der Waals surface area contributed by atoms with E-state index in [0.29, 0.717) is 0 Å². The zero-order valence-electron chi connectivity index (χ0n) is 6.29. The zero-order valence-corrected chi connectivity index (χ0v) is 6.29. The number of rotatable bonds is 0. The number of nitrogens with two attached hydrogens (primary N) is 2. The molecule has 4 heteroatoms. The van der Waals surface area contributed by atoms with Gasteiger partial charge in [0.15, 0.2) is 0 Å². The quantitative estimate of drug-likeness (QED) is 0.319. The molecule has 60 valence electrons. The Kier molecular flexibility index (Phi) is 3.08. The summed E-state index contributed by atoms with van der Waals surface area (Å²) in [5.41, 5.74) is 0. The van der Waals surface area contributed by atoms with E-state index in [-0.39, 0.29) is 0 Å². The number of hydrogen-bond donors (Lipinski definition) is 2. The fourth-order valence-corrected chi connectivity index (χ4v) is 1.52. The van der Waals surface area contributed by atoms with Gasteiger partial charge in [0, 0.05) is 39.3 Å². The maximum atomic E-state index is 4.00. The standard InChI is InChI=1S/C6H12N2.H4N2/c1-2-8-5-3-7(1)4-6-8;1-2/h1-6H2;1-2H2. The van der Waals surface area contributed by atoms with Crippen molar-refractivity contribution in [2.75, 3.05) is 39.3 Å². The summed E-state index contributed by atoms with van der Waals surface area (Å²) in [5, 5.41) is 0. The van der Waals surface area contributed by atoms with Crippen molar-refractivity contribution < 1.29 is 0 Å². The highest BCUT2D eigenvalue weighted by Crippen LogP contribution is 2.06. The molecule has 3 rings (SSSR count). The van der Waals surface area contributed by atoms with Crippen molar-refractivity contribution in [1.29, 1.82) is 0 Å². The van der Waals surface area contributed by atoms with Crippen LogP contribution >= 0.6 is 0 Å². The van der Waals surface area contributed by atoms with E-state index >= 15 is 0 Å². The normalized spacial score (nSPS) is 36.6. The molecular formula is C6H16N4. The van der Waals surface area contributed by atoms with Crippen LogP contribution < -0.4 is 11.7 Å². The summed E-state index contributed by atoms with van der Waals surface area (Å²) in [5.74, 6) is 8.00. The van der Waals surface area contributed by atoms with Crippen molar-refractivity contribution in [1.82, 2.24) is 9.80 Å². The minimum Gasteiger partial charge on any atom is -0.300 e. The molecule has 3 heterocycles. The number of piperazine rings is 3. The summed E-state index contributed by atoms with van der Waals surface area (Å²) < 4.78 is 0. The molecule has 4 N–H and O–H groups in total. The molecule has 0 saturated carbocycles. The van der Waals surface area contributed by atoms with Gasteiger partial charge in [-0.25, -0.2) is 0 Å². The number of hydrogen-bond acceptors (Lipinski definition) is 4. The van der Waals surface area contributed by atoms with Gasteiger partial charge in [0.05, 0.1) is 0 Å². The van der Waals surface area contributed by atoms with E-state index in [9.17, 15) is 0 Å². The lowest BCUT2D eigenvalue weighted by Gasteiger charge is -2.41. The lowest BCUT2D eigenvalue weighted by atomic mass is 10.2. The molecule has 3 aliphatic heterocycles. The van der Waals surface area contributed by atoms with Gasteiger partial charge >= 0.3 is 0 Å². The molecule has 4 nitrogen and oxygen atoms in total. The van der Waals surface area contributed by atoms with Crippen LogP contribution in [0, 0.1) is 0 Å². The molecule has 0 aromatic rings. The zero-order chi connectivity index (χ0) is 7.40. The molecule has 3 fully saturated rings. The second-order valence-electron chi connectivity index (χ2n) is 2.68. The van der Waals surface area contributed by atoms with Crippen LogP contribution in [0.5, 0.6) is 0 Å². The maximum absolute atomic E-state index is 4.00. The first-order valence-corrected chi connectivity index (χ1v) is 3.73. The van der Waals surface area contributed by atoms with Gasteiger partial charge in [-0.1, -0.05) is 0 Å². The van der Waals surface area contributed by atoms with Crippen molar-refractivity contribution in [2.45, 2.75) is 0 Å². The Morgan fingerprint density at radius 1 is 0.600 bits per heavy atom. The van der Waals surface area contributed by atoms with Gasteiger partial charge in [-0.3, -0.25) is 21.5 Å². The van der Waals surface area contributed by atoms with E-state index in [1.165, 1.54) is 39.3 Å². The molecule has 0 atom stereocenters. The minimum atomic E-state index is 1.32. The number of fused-ring (bicyclic) bond motifs is 3. The van der Waals surface area contributed by atoms with Crippen LogP contribution in [-0.4, -0.2) is 49.1 Å². The Hall–Kier alpha value is -0.160. The highest BCUT2D eigenvalue weighted by Gasteiger charge is 2.21. The van der Waals surface area contributed by atoms with Crippen molar-refractivity contribution in [3.8, 4) is 0 Å². The topological polar surface area (TPSA) is 58.5 Å². The predicted octanol–water partition coefficient (Wildman–Crippen LogP) is -1.56. The molecule has 0 aliphatic carbocycles. The fourth-order valence-electron chi connectivity index (χ4n) is 1.52. The van der Waals surface area contributed by atoms with Crippen LogP contribution in [0.1, 0.15) is 0 Å². The van der Waals surface area contributed by atoms with Crippen LogP contribution in [0.4, 0.5) is 0 Å². The lowest BCUT2D eigenvalue weighted by Crippen LogP contribution is -2.55. The molecular weight excluding hydrogens is 128 g/mol. The average molecular weight is 144 g/mol. The van der Waals surface area contributed by atoms with Crippen molar-refractivity contribution in [3.63, 3.8) is 0 Å². The minimum absolute atomic E-state index is 1.32. The van der Waals surface area contributed by atoms with Crippen LogP contribution in [0.25, 0.3) is 0 Å². The van der Waals surface area contributed by atoms with Gasteiger partial charge < -0.3 is 0 Å². The lowest BCUT2D eigenvalue weighted by molar-refractivity contribution is 0.0647. The van der Waals surface area contributed by atoms with Crippen molar-refractivity contribution in [2.24, 2.45) is 11.7 Å². The molecule has 10 heavy (non-hydrogen) atoms. The Morgan fingerprint density at radius 3 is 0.900 bits per heavy atom. The highest BCUT2D eigenvalue weighted by atomic mass is 15.3. The Labute approximate surface area is 61.7 Å². The molecule has 2 bridgehead atoms. The van der Waals surface area contributed by atoms with Gasteiger partial charge in [0.2, 0.25) is 0 Å². The molecule has 0 aromatic carbocycles. The molecule has 0 radical (unpaired) electrons. The summed E-state index contributed by atoms with van der Waals surface area (Å²) in [7, 11) is 0. The van der Waals surface area contributed by atoms with Crippen LogP contribution in [0.2, 0.25) is 0 Å². The summed E-state index contributed by atoms with van der Waals surface area (Å²) in [6, 6.07) is 0. The average Bonchev–Trinajstić information content (AvgIpc) is 2.11. The van der Waals surface area contributed by atoms with Crippen molar-refractivity contribution in [3.05, 3.63) is 0 Å². The van der Waals surface area contributed by atoms with Gasteiger partial charge in [-0.15, -0.1) is 0 Å². The van der Waals surface area contributed by atoms with Crippen LogP contribution in [-0.2, 0) is 0 Å². The Balaban J connectivity index is 0.000000231. The second-order valence-corrected chi connectivity index (χ2v) is 2.68. The van der Waals surface area contributed by atoms with Gasteiger partial charge in [-0.05, 0) is 0 Å². The largest absolute Gasteiger partial charge is 0.300 e. The van der Waals surface area contributed by atoms with E-state index in [4.69, 9.17) is 0 Å². The SMILES string of the molecule is C1CN2CCN1CC2.NN. The summed E-state index contributed by atoms with van der Waals surface area (Å²) >= 11 is 0. The molecule has 0 aromatic heterocycles. The van der Waals surface area contributed by atoms with E-state index < -0.39 is 0 Å². The number of nitrogens with zero attached hydrogens (tertiary/aromatic N) is 2. The summed E-state index contributed by atoms with van der Waals surface area (Å²) in [6.07, 6.45) is 0. The Morgan fingerprint density at radius 2 is 0.800 bits per heavy atom. The van der Waals surface area contributed by atoms with E-state index in [1.54, 1.807) is 0 Å². The first kappa shape index (κ1) is 7.94.